The molecule has 0 atom stereocenters. The lowest BCUT2D eigenvalue weighted by molar-refractivity contribution is 0.0612. The zero-order valence-electron chi connectivity index (χ0n) is 16.7. The normalized spacial score (nSPS) is 12.4. The Balaban J connectivity index is 1.77. The number of hydrogen-bond acceptors (Lipinski definition) is 4. The number of phenolic OH excluding ortho intramolecular Hbond substituents is 1. The number of imidazole rings is 1. The van der Waals surface area contributed by atoms with Crippen LogP contribution in [0.25, 0.3) is 22.3 Å². The molecule has 3 N–H and O–H groups in total. The Labute approximate surface area is 173 Å². The molecular formula is C23H22N4O3. The Kier molecular flexibility index (Phi) is 4.97. The SMILES string of the molecule is CC(C)(O)Cn1/c(=N/C(=O)c2ccnc(-c3cccc(O)c3)c2)[nH]c2ccccc21. The van der Waals surface area contributed by atoms with Crippen LogP contribution in [-0.2, 0) is 6.54 Å². The van der Waals surface area contributed by atoms with Crippen molar-refractivity contribution in [2.75, 3.05) is 0 Å². The van der Waals surface area contributed by atoms with Crippen LogP contribution in [0.15, 0.2) is 71.9 Å². The molecule has 7 heteroatoms. The number of hydrogen-bond donors (Lipinski definition) is 3. The largest absolute Gasteiger partial charge is 0.508 e. The quantitative estimate of drug-likeness (QED) is 0.487. The highest BCUT2D eigenvalue weighted by molar-refractivity contribution is 5.95. The minimum atomic E-state index is -0.984. The molecule has 7 nitrogen and oxygen atoms in total. The van der Waals surface area contributed by atoms with Crippen LogP contribution >= 0.6 is 0 Å². The summed E-state index contributed by atoms with van der Waals surface area (Å²) in [7, 11) is 0. The molecule has 0 aliphatic carbocycles. The molecule has 0 fully saturated rings. The van der Waals surface area contributed by atoms with Crippen molar-refractivity contribution in [3.63, 3.8) is 0 Å². The summed E-state index contributed by atoms with van der Waals surface area (Å²) in [5.74, 6) is -0.309. The zero-order chi connectivity index (χ0) is 21.3. The monoisotopic (exact) mass is 402 g/mol. The maximum Gasteiger partial charge on any atom is 0.280 e. The van der Waals surface area contributed by atoms with E-state index >= 15 is 0 Å². The van der Waals surface area contributed by atoms with E-state index in [1.165, 1.54) is 6.20 Å². The summed E-state index contributed by atoms with van der Waals surface area (Å²) in [5, 5.41) is 20.0. The third-order valence-corrected chi connectivity index (χ3v) is 4.60. The molecule has 4 rings (SSSR count). The first kappa shape index (κ1) is 19.6. The summed E-state index contributed by atoms with van der Waals surface area (Å²) in [6, 6.07) is 17.5. The van der Waals surface area contributed by atoms with Crippen LogP contribution in [0.4, 0.5) is 0 Å². The fraction of sp³-hybridized carbons (Fsp3) is 0.174. The number of nitrogens with one attached hydrogen (secondary N) is 1. The highest BCUT2D eigenvalue weighted by atomic mass is 16.3. The van der Waals surface area contributed by atoms with Crippen molar-refractivity contribution in [2.24, 2.45) is 4.99 Å². The van der Waals surface area contributed by atoms with E-state index in [-0.39, 0.29) is 12.3 Å². The van der Waals surface area contributed by atoms with Crippen molar-refractivity contribution in [3.8, 4) is 17.0 Å². The molecule has 1 amide bonds. The van der Waals surface area contributed by atoms with Gasteiger partial charge in [0.1, 0.15) is 5.75 Å². The number of carbonyl (C=O) groups excluding carboxylic acids is 1. The number of para-hydroxylation sites is 2. The molecule has 30 heavy (non-hydrogen) atoms. The number of aliphatic hydroxyl groups is 1. The van der Waals surface area contributed by atoms with E-state index in [0.717, 1.165) is 11.0 Å². The number of pyridine rings is 1. The molecule has 0 saturated carbocycles. The standard InChI is InChI=1S/C23H22N4O3/c1-23(2,30)14-27-20-9-4-3-8-18(20)25-22(27)26-21(29)16-10-11-24-19(13-16)15-6-5-7-17(28)12-15/h3-13,28,30H,14H2,1-2H3,(H,25,26,29). The maximum absolute atomic E-state index is 12.9. The molecule has 0 bridgehead atoms. The van der Waals surface area contributed by atoms with Crippen LogP contribution in [-0.4, -0.2) is 36.3 Å². The predicted octanol–water partition coefficient (Wildman–Crippen LogP) is 3.25. The zero-order valence-corrected chi connectivity index (χ0v) is 16.7. The average molecular weight is 402 g/mol. The molecule has 0 spiro atoms. The summed E-state index contributed by atoms with van der Waals surface area (Å²) in [6.07, 6.45) is 1.54. The fourth-order valence-corrected chi connectivity index (χ4v) is 3.30. The number of rotatable bonds is 4. The minimum Gasteiger partial charge on any atom is -0.508 e. The van der Waals surface area contributed by atoms with E-state index in [9.17, 15) is 15.0 Å². The van der Waals surface area contributed by atoms with Crippen molar-refractivity contribution in [3.05, 3.63) is 78.0 Å². The van der Waals surface area contributed by atoms with Gasteiger partial charge >= 0.3 is 0 Å². The lowest BCUT2D eigenvalue weighted by atomic mass is 10.1. The van der Waals surface area contributed by atoms with Crippen molar-refractivity contribution in [1.82, 2.24) is 14.5 Å². The number of aromatic nitrogens is 3. The molecule has 0 aliphatic heterocycles. The number of phenols is 1. The Bertz CT molecular complexity index is 1300. The molecule has 152 valence electrons. The third-order valence-electron chi connectivity index (χ3n) is 4.60. The number of nitrogens with zero attached hydrogens (tertiary/aromatic N) is 3. The molecule has 0 saturated heterocycles. The lowest BCUT2D eigenvalue weighted by Crippen LogP contribution is -2.32. The molecular weight excluding hydrogens is 380 g/mol. The molecule has 2 heterocycles. The average Bonchev–Trinajstić information content (AvgIpc) is 3.04. The van der Waals surface area contributed by atoms with Gasteiger partial charge in [-0.3, -0.25) is 9.78 Å². The summed E-state index contributed by atoms with van der Waals surface area (Å²) in [4.78, 5) is 24.6. The summed E-state index contributed by atoms with van der Waals surface area (Å²) < 4.78 is 1.80. The first-order chi connectivity index (χ1) is 14.3. The van der Waals surface area contributed by atoms with E-state index in [4.69, 9.17) is 0 Å². The second kappa shape index (κ2) is 7.61. The molecule has 0 aliphatic rings. The second-order valence-electron chi connectivity index (χ2n) is 7.76. The Morgan fingerprint density at radius 2 is 1.93 bits per heavy atom. The fourth-order valence-electron chi connectivity index (χ4n) is 3.30. The summed E-state index contributed by atoms with van der Waals surface area (Å²) >= 11 is 0. The second-order valence-corrected chi connectivity index (χ2v) is 7.76. The van der Waals surface area contributed by atoms with Crippen molar-refractivity contribution in [2.45, 2.75) is 26.0 Å². The predicted molar refractivity (Wildman–Crippen MR) is 114 cm³/mol. The van der Waals surface area contributed by atoms with Crippen LogP contribution < -0.4 is 5.62 Å². The van der Waals surface area contributed by atoms with Crippen molar-refractivity contribution in [1.29, 1.82) is 0 Å². The van der Waals surface area contributed by atoms with E-state index in [2.05, 4.69) is 15.0 Å². The Hall–Kier alpha value is -3.71. The van der Waals surface area contributed by atoms with Gasteiger partial charge in [-0.1, -0.05) is 24.3 Å². The molecule has 4 aromatic rings. The van der Waals surface area contributed by atoms with E-state index < -0.39 is 11.5 Å². The number of aromatic hydroxyl groups is 1. The summed E-state index contributed by atoms with van der Waals surface area (Å²) in [6.45, 7) is 3.68. The van der Waals surface area contributed by atoms with Crippen molar-refractivity contribution < 1.29 is 15.0 Å². The number of fused-ring (bicyclic) bond motifs is 1. The van der Waals surface area contributed by atoms with E-state index in [0.29, 0.717) is 22.4 Å². The number of amides is 1. The first-order valence-corrected chi connectivity index (χ1v) is 9.55. The van der Waals surface area contributed by atoms with Crippen LogP contribution in [0.2, 0.25) is 0 Å². The van der Waals surface area contributed by atoms with Crippen LogP contribution in [0, 0.1) is 0 Å². The Morgan fingerprint density at radius 3 is 2.70 bits per heavy atom. The molecule has 0 radical (unpaired) electrons. The smallest absolute Gasteiger partial charge is 0.280 e. The highest BCUT2D eigenvalue weighted by Gasteiger charge is 2.17. The van der Waals surface area contributed by atoms with Gasteiger partial charge < -0.3 is 19.8 Å². The van der Waals surface area contributed by atoms with Gasteiger partial charge in [0.2, 0.25) is 5.62 Å². The highest BCUT2D eigenvalue weighted by Crippen LogP contribution is 2.22. The number of H-pyrrole nitrogens is 1. The van der Waals surface area contributed by atoms with Gasteiger partial charge in [-0.2, -0.15) is 4.99 Å². The molecule has 2 aromatic heterocycles. The molecule has 0 unspecified atom stereocenters. The number of carbonyl (C=O) groups is 1. The van der Waals surface area contributed by atoms with Gasteiger partial charge in [0, 0.05) is 17.3 Å². The van der Waals surface area contributed by atoms with Gasteiger partial charge in [-0.25, -0.2) is 0 Å². The van der Waals surface area contributed by atoms with E-state index in [1.807, 2.05) is 30.3 Å². The molecule has 2 aromatic carbocycles. The maximum atomic E-state index is 12.9. The van der Waals surface area contributed by atoms with Gasteiger partial charge in [-0.05, 0) is 50.2 Å². The Morgan fingerprint density at radius 1 is 1.13 bits per heavy atom. The van der Waals surface area contributed by atoms with Crippen LogP contribution in [0.1, 0.15) is 24.2 Å². The number of benzene rings is 2. The van der Waals surface area contributed by atoms with Crippen LogP contribution in [0.3, 0.4) is 0 Å². The van der Waals surface area contributed by atoms with E-state index in [1.54, 1.807) is 48.7 Å². The van der Waals surface area contributed by atoms with Gasteiger partial charge in [0.25, 0.3) is 5.91 Å². The number of aromatic amines is 1. The van der Waals surface area contributed by atoms with Gasteiger partial charge in [-0.15, -0.1) is 0 Å². The van der Waals surface area contributed by atoms with Gasteiger partial charge in [0.15, 0.2) is 0 Å². The summed E-state index contributed by atoms with van der Waals surface area (Å²) in [5.41, 5.74) is 2.68. The topological polar surface area (TPSA) is 104 Å². The van der Waals surface area contributed by atoms with Crippen LogP contribution in [0.5, 0.6) is 5.75 Å². The third kappa shape index (κ3) is 4.16. The van der Waals surface area contributed by atoms with Crippen molar-refractivity contribution >= 4 is 16.9 Å². The minimum absolute atomic E-state index is 0.126. The van der Waals surface area contributed by atoms with Gasteiger partial charge in [0.05, 0.1) is 28.9 Å². The first-order valence-electron chi connectivity index (χ1n) is 9.55. The lowest BCUT2D eigenvalue weighted by Gasteiger charge is -2.18.